The maximum Gasteiger partial charge on any atom is 0.412 e. The quantitative estimate of drug-likeness (QED) is 0.627. The van der Waals surface area contributed by atoms with Crippen LogP contribution in [0.4, 0.5) is 27.5 Å². The van der Waals surface area contributed by atoms with Gasteiger partial charge in [0.2, 0.25) is 0 Å². The number of ether oxygens (including phenoxy) is 1. The number of carbonyl (C=O) groups excluding carboxylic acids is 1. The van der Waals surface area contributed by atoms with E-state index in [4.69, 9.17) is 10.5 Å². The van der Waals surface area contributed by atoms with Crippen LogP contribution in [-0.2, 0) is 4.74 Å². The monoisotopic (exact) mass is 402 g/mol. The minimum atomic E-state index is -0.585. The van der Waals surface area contributed by atoms with Gasteiger partial charge in [-0.2, -0.15) is 5.26 Å². The molecule has 0 unspecified atom stereocenters. The number of nitriles is 1. The number of amides is 1. The van der Waals surface area contributed by atoms with Crippen LogP contribution in [0.3, 0.4) is 0 Å². The number of nitrogen functional groups attached to an aromatic ring is 1. The Kier molecular flexibility index (Phi) is 5.55. The normalized spacial score (nSPS) is 10.7. The number of nitrogens with two attached hydrogens (primary N) is 1. The van der Waals surface area contributed by atoms with Gasteiger partial charge in [0, 0.05) is 10.2 Å². The summed E-state index contributed by atoms with van der Waals surface area (Å²) >= 11 is 3.33. The van der Waals surface area contributed by atoms with Gasteiger partial charge in [-0.25, -0.2) is 4.79 Å². The first-order valence-corrected chi connectivity index (χ1v) is 8.33. The smallest absolute Gasteiger partial charge is 0.412 e. The SMILES string of the molecule is CC(C)(C)OC(=O)Nc1ccc(N)c(Nc2ccc(Br)cc2C#N)c1. The van der Waals surface area contributed by atoms with E-state index in [1.807, 2.05) is 6.07 Å². The van der Waals surface area contributed by atoms with Crippen molar-refractivity contribution < 1.29 is 9.53 Å². The second-order valence-electron chi connectivity index (χ2n) is 6.36. The molecule has 0 aromatic heterocycles. The number of rotatable bonds is 3. The van der Waals surface area contributed by atoms with Crippen molar-refractivity contribution in [2.75, 3.05) is 16.4 Å². The van der Waals surface area contributed by atoms with E-state index in [-0.39, 0.29) is 0 Å². The van der Waals surface area contributed by atoms with Crippen LogP contribution in [0.15, 0.2) is 40.9 Å². The molecule has 1 amide bonds. The molecule has 0 aliphatic rings. The fourth-order valence-corrected chi connectivity index (χ4v) is 2.39. The van der Waals surface area contributed by atoms with E-state index >= 15 is 0 Å². The highest BCUT2D eigenvalue weighted by Crippen LogP contribution is 2.29. The number of nitrogens with zero attached hydrogens (tertiary/aromatic N) is 1. The topological polar surface area (TPSA) is 100 Å². The van der Waals surface area contributed by atoms with Crippen molar-refractivity contribution in [3.8, 4) is 6.07 Å². The number of hydrogen-bond acceptors (Lipinski definition) is 5. The predicted octanol–water partition coefficient (Wildman–Crippen LogP) is 4.99. The van der Waals surface area contributed by atoms with Crippen molar-refractivity contribution in [3.63, 3.8) is 0 Å². The standard InChI is InChI=1S/C18H19BrN4O2/c1-18(2,3)25-17(24)22-13-5-6-14(21)16(9-13)23-15-7-4-12(19)8-11(15)10-20/h4-9,23H,21H2,1-3H3,(H,22,24). The molecular weight excluding hydrogens is 384 g/mol. The summed E-state index contributed by atoms with van der Waals surface area (Å²) < 4.78 is 6.04. The second-order valence-corrected chi connectivity index (χ2v) is 7.27. The average molecular weight is 403 g/mol. The van der Waals surface area contributed by atoms with E-state index in [9.17, 15) is 10.1 Å². The Morgan fingerprint density at radius 2 is 1.92 bits per heavy atom. The van der Waals surface area contributed by atoms with E-state index < -0.39 is 11.7 Å². The van der Waals surface area contributed by atoms with E-state index in [0.717, 1.165) is 4.47 Å². The molecule has 0 fully saturated rings. The van der Waals surface area contributed by atoms with Gasteiger partial charge in [0.25, 0.3) is 0 Å². The molecule has 0 radical (unpaired) electrons. The molecule has 130 valence electrons. The number of carbonyl (C=O) groups is 1. The van der Waals surface area contributed by atoms with Gasteiger partial charge in [-0.1, -0.05) is 15.9 Å². The second kappa shape index (κ2) is 7.45. The van der Waals surface area contributed by atoms with Crippen molar-refractivity contribution in [3.05, 3.63) is 46.4 Å². The van der Waals surface area contributed by atoms with Crippen LogP contribution in [0.25, 0.3) is 0 Å². The van der Waals surface area contributed by atoms with Gasteiger partial charge >= 0.3 is 6.09 Å². The van der Waals surface area contributed by atoms with Gasteiger partial charge in [0.05, 0.1) is 22.6 Å². The first-order valence-electron chi connectivity index (χ1n) is 7.54. The van der Waals surface area contributed by atoms with Crippen molar-refractivity contribution in [2.45, 2.75) is 26.4 Å². The summed E-state index contributed by atoms with van der Waals surface area (Å²) in [6.45, 7) is 5.37. The molecule has 0 saturated carbocycles. The highest BCUT2D eigenvalue weighted by Gasteiger charge is 2.16. The van der Waals surface area contributed by atoms with Crippen LogP contribution in [0, 0.1) is 11.3 Å². The Hall–Kier alpha value is -2.72. The zero-order chi connectivity index (χ0) is 18.6. The summed E-state index contributed by atoms with van der Waals surface area (Å²) in [7, 11) is 0. The number of benzene rings is 2. The summed E-state index contributed by atoms with van der Waals surface area (Å²) in [5.41, 5.74) is 8.09. The minimum Gasteiger partial charge on any atom is -0.444 e. The summed E-state index contributed by atoms with van der Waals surface area (Å²) in [5, 5.41) is 15.0. The van der Waals surface area contributed by atoms with Crippen molar-refractivity contribution >= 4 is 44.8 Å². The number of halogens is 1. The molecule has 0 saturated heterocycles. The lowest BCUT2D eigenvalue weighted by Gasteiger charge is -2.20. The first-order chi connectivity index (χ1) is 11.7. The third kappa shape index (κ3) is 5.40. The highest BCUT2D eigenvalue weighted by atomic mass is 79.9. The number of hydrogen-bond donors (Lipinski definition) is 3. The van der Waals surface area contributed by atoms with Crippen LogP contribution >= 0.6 is 15.9 Å². The van der Waals surface area contributed by atoms with Gasteiger partial charge in [-0.05, 0) is 57.2 Å². The van der Waals surface area contributed by atoms with Gasteiger partial charge in [0.1, 0.15) is 11.7 Å². The molecule has 2 rings (SSSR count). The number of nitrogens with one attached hydrogen (secondary N) is 2. The zero-order valence-electron chi connectivity index (χ0n) is 14.2. The largest absolute Gasteiger partial charge is 0.444 e. The fourth-order valence-electron chi connectivity index (χ4n) is 2.03. The molecule has 6 nitrogen and oxygen atoms in total. The molecule has 2 aromatic rings. The average Bonchev–Trinajstić information content (AvgIpc) is 2.50. The summed E-state index contributed by atoms with van der Waals surface area (Å²) in [4.78, 5) is 11.9. The minimum absolute atomic E-state index is 0.472. The molecule has 4 N–H and O–H groups in total. The Bertz CT molecular complexity index is 838. The molecule has 0 bridgehead atoms. The number of anilines is 4. The molecule has 2 aromatic carbocycles. The lowest BCUT2D eigenvalue weighted by Crippen LogP contribution is -2.27. The van der Waals surface area contributed by atoms with Gasteiger partial charge < -0.3 is 15.8 Å². The Morgan fingerprint density at radius 3 is 2.56 bits per heavy atom. The molecule has 0 aliphatic heterocycles. The zero-order valence-corrected chi connectivity index (χ0v) is 15.8. The van der Waals surface area contributed by atoms with Crippen molar-refractivity contribution in [1.29, 1.82) is 5.26 Å². The Balaban J connectivity index is 2.23. The van der Waals surface area contributed by atoms with Crippen molar-refractivity contribution in [2.24, 2.45) is 0 Å². The molecule has 7 heteroatoms. The predicted molar refractivity (Wildman–Crippen MR) is 103 cm³/mol. The molecule has 25 heavy (non-hydrogen) atoms. The Morgan fingerprint density at radius 1 is 1.20 bits per heavy atom. The summed E-state index contributed by atoms with van der Waals surface area (Å²) in [5.74, 6) is 0. The van der Waals surface area contributed by atoms with Crippen LogP contribution in [-0.4, -0.2) is 11.7 Å². The maximum absolute atomic E-state index is 11.9. The highest BCUT2D eigenvalue weighted by molar-refractivity contribution is 9.10. The molecule has 0 heterocycles. The summed E-state index contributed by atoms with van der Waals surface area (Å²) in [6, 6.07) is 12.5. The van der Waals surface area contributed by atoms with E-state index in [1.54, 1.807) is 51.1 Å². The third-order valence-corrected chi connectivity index (χ3v) is 3.56. The summed E-state index contributed by atoms with van der Waals surface area (Å²) in [6.07, 6.45) is -0.551. The van der Waals surface area contributed by atoms with Crippen LogP contribution in [0.1, 0.15) is 26.3 Å². The van der Waals surface area contributed by atoms with Gasteiger partial charge in [-0.3, -0.25) is 5.32 Å². The van der Waals surface area contributed by atoms with Crippen LogP contribution in [0.5, 0.6) is 0 Å². The lowest BCUT2D eigenvalue weighted by molar-refractivity contribution is 0.0636. The maximum atomic E-state index is 11.9. The molecular formula is C18H19BrN4O2. The van der Waals surface area contributed by atoms with Gasteiger partial charge in [0.15, 0.2) is 0 Å². The van der Waals surface area contributed by atoms with Crippen LogP contribution < -0.4 is 16.4 Å². The molecule has 0 atom stereocenters. The lowest BCUT2D eigenvalue weighted by atomic mass is 10.1. The first kappa shape index (κ1) is 18.6. The van der Waals surface area contributed by atoms with E-state index in [1.165, 1.54) is 0 Å². The van der Waals surface area contributed by atoms with E-state index in [2.05, 4.69) is 32.6 Å². The molecule has 0 spiro atoms. The molecule has 0 aliphatic carbocycles. The third-order valence-electron chi connectivity index (χ3n) is 3.07. The van der Waals surface area contributed by atoms with Gasteiger partial charge in [-0.15, -0.1) is 0 Å². The van der Waals surface area contributed by atoms with Crippen LogP contribution in [0.2, 0.25) is 0 Å². The fraction of sp³-hybridized carbons (Fsp3) is 0.222. The van der Waals surface area contributed by atoms with Crippen molar-refractivity contribution in [1.82, 2.24) is 0 Å². The Labute approximate surface area is 155 Å². The van der Waals surface area contributed by atoms with E-state index in [0.29, 0.717) is 28.3 Å².